The summed E-state index contributed by atoms with van der Waals surface area (Å²) < 4.78 is 33.4. The van der Waals surface area contributed by atoms with Gasteiger partial charge in [0, 0.05) is 5.02 Å². The van der Waals surface area contributed by atoms with Crippen molar-refractivity contribution >= 4 is 21.8 Å². The van der Waals surface area contributed by atoms with Crippen LogP contribution >= 0.6 is 11.6 Å². The highest BCUT2D eigenvalue weighted by Crippen LogP contribution is 2.22. The third kappa shape index (κ3) is 2.42. The van der Waals surface area contributed by atoms with Gasteiger partial charge in [0.25, 0.3) is 0 Å². The van der Waals surface area contributed by atoms with E-state index in [1.54, 1.807) is 0 Å². The molecule has 0 aliphatic carbocycles. The van der Waals surface area contributed by atoms with Crippen LogP contribution in [0.25, 0.3) is 0 Å². The van der Waals surface area contributed by atoms with Crippen LogP contribution in [-0.2, 0) is 16.6 Å². The van der Waals surface area contributed by atoms with Gasteiger partial charge in [-0.15, -0.1) is 3.89 Å². The van der Waals surface area contributed by atoms with Gasteiger partial charge in [-0.3, -0.25) is 0 Å². The molecule has 1 rings (SSSR count). The Morgan fingerprint density at radius 2 is 2.08 bits per heavy atom. The molecule has 0 aliphatic rings. The lowest BCUT2D eigenvalue weighted by Gasteiger charge is -2.01. The van der Waals surface area contributed by atoms with Crippen LogP contribution in [0, 0.1) is 0 Å². The maximum Gasteiger partial charge on any atom is 0.332 e. The Hall–Kier alpha value is -0.610. The Morgan fingerprint density at radius 1 is 1.46 bits per heavy atom. The van der Waals surface area contributed by atoms with Crippen LogP contribution in [0.4, 0.5) is 3.89 Å². The minimum atomic E-state index is -4.63. The number of halogens is 2. The lowest BCUT2D eigenvalue weighted by Crippen LogP contribution is -1.93. The SMILES string of the molecule is CCc1ccc(S(=O)(=O)F)cc1Cl. The molecule has 0 heterocycles. The minimum absolute atomic E-state index is 0.279. The number of rotatable bonds is 2. The van der Waals surface area contributed by atoms with Crippen LogP contribution in [0.3, 0.4) is 0 Å². The van der Waals surface area contributed by atoms with E-state index in [9.17, 15) is 12.3 Å². The highest BCUT2D eigenvalue weighted by molar-refractivity contribution is 7.86. The first kappa shape index (κ1) is 10.5. The van der Waals surface area contributed by atoms with Crippen LogP contribution in [0.5, 0.6) is 0 Å². The van der Waals surface area contributed by atoms with Gasteiger partial charge in [-0.25, -0.2) is 0 Å². The maximum atomic E-state index is 12.5. The highest BCUT2D eigenvalue weighted by Gasteiger charge is 2.12. The van der Waals surface area contributed by atoms with E-state index in [4.69, 9.17) is 11.6 Å². The fraction of sp³-hybridized carbons (Fsp3) is 0.250. The second kappa shape index (κ2) is 3.64. The molecule has 13 heavy (non-hydrogen) atoms. The Bertz CT molecular complexity index is 414. The largest absolute Gasteiger partial charge is 0.332 e. The molecule has 0 N–H and O–H groups in total. The normalized spacial score (nSPS) is 11.6. The Labute approximate surface area is 81.6 Å². The summed E-state index contributed by atoms with van der Waals surface area (Å²) in [6.45, 7) is 1.88. The third-order valence-corrected chi connectivity index (χ3v) is 2.86. The molecule has 0 amide bonds. The van der Waals surface area contributed by atoms with Crippen molar-refractivity contribution in [2.75, 3.05) is 0 Å². The summed E-state index contributed by atoms with van der Waals surface area (Å²) in [7, 11) is -4.63. The first-order valence-electron chi connectivity index (χ1n) is 3.68. The standard InChI is InChI=1S/C8H8ClFO2S/c1-2-6-3-4-7(5-8(6)9)13(10,11)12/h3-5H,2H2,1H3. The second-order valence-electron chi connectivity index (χ2n) is 2.54. The first-order chi connectivity index (χ1) is 5.95. The molecule has 0 unspecified atom stereocenters. The summed E-state index contributed by atoms with van der Waals surface area (Å²) >= 11 is 5.70. The van der Waals surface area contributed by atoms with Gasteiger partial charge in [0.05, 0.1) is 4.90 Å². The van der Waals surface area contributed by atoms with Crippen molar-refractivity contribution in [1.82, 2.24) is 0 Å². The Balaban J connectivity index is 3.26. The van der Waals surface area contributed by atoms with E-state index in [0.29, 0.717) is 6.42 Å². The molecular formula is C8H8ClFO2S. The van der Waals surface area contributed by atoms with Gasteiger partial charge < -0.3 is 0 Å². The fourth-order valence-electron chi connectivity index (χ4n) is 0.966. The zero-order chi connectivity index (χ0) is 10.1. The predicted molar refractivity (Wildman–Crippen MR) is 49.1 cm³/mol. The molecule has 0 radical (unpaired) electrons. The van der Waals surface area contributed by atoms with E-state index in [1.165, 1.54) is 12.1 Å². The lowest BCUT2D eigenvalue weighted by molar-refractivity contribution is 0.552. The molecule has 1 aromatic carbocycles. The average Bonchev–Trinajstić information content (AvgIpc) is 2.02. The predicted octanol–water partition coefficient (Wildman–Crippen LogP) is 2.56. The zero-order valence-corrected chi connectivity index (χ0v) is 8.49. The summed E-state index contributed by atoms with van der Waals surface area (Å²) in [5.74, 6) is 0. The topological polar surface area (TPSA) is 34.1 Å². The van der Waals surface area contributed by atoms with Gasteiger partial charge in [-0.05, 0) is 24.1 Å². The molecule has 0 fully saturated rings. The first-order valence-corrected chi connectivity index (χ1v) is 5.44. The van der Waals surface area contributed by atoms with Crippen molar-refractivity contribution in [2.45, 2.75) is 18.2 Å². The summed E-state index contributed by atoms with van der Waals surface area (Å²) in [6.07, 6.45) is 0.686. The van der Waals surface area contributed by atoms with Crippen LogP contribution in [0.2, 0.25) is 5.02 Å². The average molecular weight is 223 g/mol. The number of hydrogen-bond acceptors (Lipinski definition) is 2. The number of aryl methyl sites for hydroxylation is 1. The van der Waals surface area contributed by atoms with Crippen molar-refractivity contribution in [3.05, 3.63) is 28.8 Å². The van der Waals surface area contributed by atoms with Crippen LogP contribution in [0.15, 0.2) is 23.1 Å². The summed E-state index contributed by atoms with van der Waals surface area (Å²) in [4.78, 5) is -0.394. The van der Waals surface area contributed by atoms with Gasteiger partial charge in [-0.1, -0.05) is 24.6 Å². The molecule has 0 aromatic heterocycles. The molecule has 5 heteroatoms. The van der Waals surface area contributed by atoms with Crippen molar-refractivity contribution in [2.24, 2.45) is 0 Å². The molecule has 2 nitrogen and oxygen atoms in total. The molecule has 0 saturated carbocycles. The molecule has 0 bridgehead atoms. The van der Waals surface area contributed by atoms with E-state index in [-0.39, 0.29) is 5.02 Å². The molecule has 72 valence electrons. The van der Waals surface area contributed by atoms with E-state index < -0.39 is 15.1 Å². The highest BCUT2D eigenvalue weighted by atomic mass is 35.5. The van der Waals surface area contributed by atoms with Crippen LogP contribution < -0.4 is 0 Å². The Morgan fingerprint density at radius 3 is 2.46 bits per heavy atom. The van der Waals surface area contributed by atoms with Crippen molar-refractivity contribution in [3.63, 3.8) is 0 Å². The summed E-state index contributed by atoms with van der Waals surface area (Å²) in [5.41, 5.74) is 0.800. The molecular weight excluding hydrogens is 215 g/mol. The number of benzene rings is 1. The van der Waals surface area contributed by atoms with Crippen molar-refractivity contribution < 1.29 is 12.3 Å². The van der Waals surface area contributed by atoms with Gasteiger partial charge in [0.1, 0.15) is 0 Å². The van der Waals surface area contributed by atoms with Crippen LogP contribution in [-0.4, -0.2) is 8.42 Å². The summed E-state index contributed by atoms with van der Waals surface area (Å²) in [5, 5.41) is 0.279. The molecule has 0 aliphatic heterocycles. The Kier molecular flexibility index (Phi) is 2.93. The van der Waals surface area contributed by atoms with Crippen molar-refractivity contribution in [3.8, 4) is 0 Å². The van der Waals surface area contributed by atoms with Gasteiger partial charge in [0.15, 0.2) is 0 Å². The fourth-order valence-corrected chi connectivity index (χ4v) is 1.83. The molecule has 0 atom stereocenters. The van der Waals surface area contributed by atoms with E-state index in [2.05, 4.69) is 0 Å². The van der Waals surface area contributed by atoms with E-state index in [1.807, 2.05) is 6.92 Å². The zero-order valence-electron chi connectivity index (χ0n) is 6.92. The maximum absolute atomic E-state index is 12.5. The molecule has 0 spiro atoms. The minimum Gasteiger partial charge on any atom is -0.189 e. The number of hydrogen-bond donors (Lipinski definition) is 0. The van der Waals surface area contributed by atoms with E-state index >= 15 is 0 Å². The molecule has 0 saturated heterocycles. The van der Waals surface area contributed by atoms with E-state index in [0.717, 1.165) is 11.6 Å². The molecule has 1 aromatic rings. The quantitative estimate of drug-likeness (QED) is 0.721. The van der Waals surface area contributed by atoms with Gasteiger partial charge >= 0.3 is 10.2 Å². The summed E-state index contributed by atoms with van der Waals surface area (Å²) in [6, 6.07) is 3.84. The van der Waals surface area contributed by atoms with Gasteiger partial charge in [0.2, 0.25) is 0 Å². The second-order valence-corrected chi connectivity index (χ2v) is 4.30. The third-order valence-electron chi connectivity index (χ3n) is 1.69. The smallest absolute Gasteiger partial charge is 0.189 e. The monoisotopic (exact) mass is 222 g/mol. The van der Waals surface area contributed by atoms with Crippen LogP contribution in [0.1, 0.15) is 12.5 Å². The van der Waals surface area contributed by atoms with Gasteiger partial charge in [-0.2, -0.15) is 8.42 Å². The van der Waals surface area contributed by atoms with Crippen molar-refractivity contribution in [1.29, 1.82) is 0 Å². The lowest BCUT2D eigenvalue weighted by atomic mass is 10.2.